The molecule has 0 saturated carbocycles. The first-order valence-corrected chi connectivity index (χ1v) is 7.34. The zero-order valence-electron chi connectivity index (χ0n) is 12.5. The van der Waals surface area contributed by atoms with Crippen LogP contribution in [0.5, 0.6) is 0 Å². The molecule has 1 aliphatic rings. The van der Waals surface area contributed by atoms with Crippen LogP contribution in [0.3, 0.4) is 0 Å². The Kier molecular flexibility index (Phi) is 4.31. The molecule has 0 bridgehead atoms. The number of carbonyl (C=O) groups excluding carboxylic acids is 2. The van der Waals surface area contributed by atoms with E-state index in [9.17, 15) is 9.59 Å². The van der Waals surface area contributed by atoms with Crippen LogP contribution < -0.4 is 10.6 Å². The molecule has 2 rings (SSSR count). The molecule has 1 fully saturated rings. The van der Waals surface area contributed by atoms with Crippen LogP contribution in [-0.4, -0.2) is 52.6 Å². The SMILES string of the molecule is CN1C[C@@H](CNC(=O)Nc2nc(C(C)(C)C)ns2)OC1=O. The van der Waals surface area contributed by atoms with Crippen molar-refractivity contribution in [2.45, 2.75) is 32.3 Å². The van der Waals surface area contributed by atoms with Crippen molar-refractivity contribution in [2.24, 2.45) is 0 Å². The molecule has 0 radical (unpaired) electrons. The molecule has 116 valence electrons. The topological polar surface area (TPSA) is 96.5 Å². The highest BCUT2D eigenvalue weighted by Crippen LogP contribution is 2.22. The van der Waals surface area contributed by atoms with Gasteiger partial charge in [0.05, 0.1) is 13.1 Å². The van der Waals surface area contributed by atoms with Gasteiger partial charge in [-0.25, -0.2) is 14.6 Å². The predicted octanol–water partition coefficient (Wildman–Crippen LogP) is 1.41. The molecule has 9 heteroatoms. The van der Waals surface area contributed by atoms with Crippen LogP contribution in [0, 0.1) is 0 Å². The average molecular weight is 313 g/mol. The standard InChI is InChI=1S/C12H19N5O3S/c1-12(2,3)8-14-10(21-16-8)15-9(18)13-5-7-6-17(4)11(19)20-7/h7H,5-6H2,1-4H3,(H2,13,14,15,16,18)/t7-/m1/s1. The first kappa shape index (κ1) is 15.5. The summed E-state index contributed by atoms with van der Waals surface area (Å²) in [6.07, 6.45) is -0.700. The Hall–Kier alpha value is -1.90. The molecule has 1 aromatic heterocycles. The van der Waals surface area contributed by atoms with Crippen LogP contribution in [0.25, 0.3) is 0 Å². The van der Waals surface area contributed by atoms with Crippen LogP contribution in [0.4, 0.5) is 14.7 Å². The molecule has 1 aromatic rings. The van der Waals surface area contributed by atoms with Crippen LogP contribution in [0.1, 0.15) is 26.6 Å². The lowest BCUT2D eigenvalue weighted by Gasteiger charge is -2.12. The van der Waals surface area contributed by atoms with E-state index in [1.807, 2.05) is 20.8 Å². The van der Waals surface area contributed by atoms with E-state index >= 15 is 0 Å². The number of ether oxygens (including phenoxy) is 1. The van der Waals surface area contributed by atoms with Gasteiger partial charge in [-0.15, -0.1) is 0 Å². The normalized spacial score (nSPS) is 18.6. The highest BCUT2D eigenvalue weighted by molar-refractivity contribution is 7.09. The number of likely N-dealkylation sites (N-methyl/N-ethyl adjacent to an activating group) is 1. The molecule has 0 aromatic carbocycles. The number of cyclic esters (lactones) is 1. The molecule has 0 unspecified atom stereocenters. The average Bonchev–Trinajstić information content (AvgIpc) is 2.95. The second kappa shape index (κ2) is 5.84. The third kappa shape index (κ3) is 4.03. The van der Waals surface area contributed by atoms with Gasteiger partial charge in [-0.3, -0.25) is 5.32 Å². The fourth-order valence-electron chi connectivity index (χ4n) is 1.68. The number of urea groups is 1. The van der Waals surface area contributed by atoms with E-state index in [1.165, 1.54) is 4.90 Å². The molecular formula is C12H19N5O3S. The highest BCUT2D eigenvalue weighted by atomic mass is 32.1. The molecule has 1 atom stereocenters. The maximum atomic E-state index is 11.8. The molecule has 1 saturated heterocycles. The van der Waals surface area contributed by atoms with Crippen molar-refractivity contribution >= 4 is 28.8 Å². The molecule has 3 amide bonds. The Balaban J connectivity index is 1.80. The second-order valence-corrected chi connectivity index (χ2v) is 6.65. The van der Waals surface area contributed by atoms with E-state index in [0.29, 0.717) is 17.5 Å². The zero-order chi connectivity index (χ0) is 15.6. The summed E-state index contributed by atoms with van der Waals surface area (Å²) in [7, 11) is 1.65. The number of hydrogen-bond donors (Lipinski definition) is 2. The highest BCUT2D eigenvalue weighted by Gasteiger charge is 2.28. The van der Waals surface area contributed by atoms with Gasteiger partial charge in [0, 0.05) is 24.0 Å². The molecule has 21 heavy (non-hydrogen) atoms. The third-order valence-corrected chi connectivity index (χ3v) is 3.49. The molecule has 2 N–H and O–H groups in total. The van der Waals surface area contributed by atoms with E-state index in [-0.39, 0.29) is 24.2 Å². The smallest absolute Gasteiger partial charge is 0.410 e. The summed E-state index contributed by atoms with van der Waals surface area (Å²) in [5.74, 6) is 0.689. The molecule has 1 aliphatic heterocycles. The maximum absolute atomic E-state index is 11.8. The number of anilines is 1. The van der Waals surface area contributed by atoms with E-state index in [4.69, 9.17) is 4.74 Å². The Bertz CT molecular complexity index is 539. The Morgan fingerprint density at radius 2 is 2.24 bits per heavy atom. The van der Waals surface area contributed by atoms with Crippen LogP contribution >= 0.6 is 11.5 Å². The predicted molar refractivity (Wildman–Crippen MR) is 78.5 cm³/mol. The summed E-state index contributed by atoms with van der Waals surface area (Å²) in [6, 6.07) is -0.391. The lowest BCUT2D eigenvalue weighted by Crippen LogP contribution is -2.36. The van der Waals surface area contributed by atoms with Gasteiger partial charge < -0.3 is 15.0 Å². The summed E-state index contributed by atoms with van der Waals surface area (Å²) in [4.78, 5) is 28.7. The minimum Gasteiger partial charge on any atom is -0.442 e. The summed E-state index contributed by atoms with van der Waals surface area (Å²) < 4.78 is 9.25. The quantitative estimate of drug-likeness (QED) is 0.879. The molecule has 2 heterocycles. The fraction of sp³-hybridized carbons (Fsp3) is 0.667. The van der Waals surface area contributed by atoms with Crippen molar-refractivity contribution < 1.29 is 14.3 Å². The number of nitrogens with one attached hydrogen (secondary N) is 2. The molecule has 0 aliphatic carbocycles. The van der Waals surface area contributed by atoms with Crippen LogP contribution in [-0.2, 0) is 10.2 Å². The minimum absolute atomic E-state index is 0.157. The number of nitrogens with zero attached hydrogens (tertiary/aromatic N) is 3. The number of aromatic nitrogens is 2. The van der Waals surface area contributed by atoms with Crippen molar-refractivity contribution in [1.29, 1.82) is 0 Å². The van der Waals surface area contributed by atoms with Crippen LogP contribution in [0.15, 0.2) is 0 Å². The first-order valence-electron chi connectivity index (χ1n) is 6.56. The lowest BCUT2D eigenvalue weighted by atomic mass is 9.96. The Morgan fingerprint density at radius 1 is 1.52 bits per heavy atom. The van der Waals surface area contributed by atoms with E-state index in [2.05, 4.69) is 20.0 Å². The van der Waals surface area contributed by atoms with Gasteiger partial charge in [0.15, 0.2) is 0 Å². The molecule has 8 nitrogen and oxygen atoms in total. The fourth-order valence-corrected chi connectivity index (χ4v) is 2.44. The van der Waals surface area contributed by atoms with Crippen molar-refractivity contribution in [3.63, 3.8) is 0 Å². The van der Waals surface area contributed by atoms with Crippen molar-refractivity contribution in [2.75, 3.05) is 25.5 Å². The monoisotopic (exact) mass is 313 g/mol. The van der Waals surface area contributed by atoms with E-state index in [1.54, 1.807) is 7.05 Å². The van der Waals surface area contributed by atoms with Gasteiger partial charge in [-0.1, -0.05) is 20.8 Å². The van der Waals surface area contributed by atoms with Gasteiger partial charge in [0.1, 0.15) is 11.9 Å². The summed E-state index contributed by atoms with van der Waals surface area (Å²) in [6.45, 7) is 6.73. The van der Waals surface area contributed by atoms with Gasteiger partial charge in [-0.05, 0) is 0 Å². The van der Waals surface area contributed by atoms with Gasteiger partial charge >= 0.3 is 12.1 Å². The largest absolute Gasteiger partial charge is 0.442 e. The van der Waals surface area contributed by atoms with E-state index in [0.717, 1.165) is 11.5 Å². The number of rotatable bonds is 3. The minimum atomic E-state index is -0.391. The first-order chi connectivity index (χ1) is 9.75. The Labute approximate surface area is 127 Å². The number of amides is 3. The number of carbonyl (C=O) groups is 2. The zero-order valence-corrected chi connectivity index (χ0v) is 13.3. The summed E-state index contributed by atoms with van der Waals surface area (Å²) >= 11 is 1.14. The van der Waals surface area contributed by atoms with Crippen molar-refractivity contribution in [3.05, 3.63) is 5.82 Å². The van der Waals surface area contributed by atoms with Gasteiger partial charge in [0.2, 0.25) is 5.13 Å². The molecular weight excluding hydrogens is 294 g/mol. The van der Waals surface area contributed by atoms with Crippen molar-refractivity contribution in [1.82, 2.24) is 19.6 Å². The van der Waals surface area contributed by atoms with Crippen LogP contribution in [0.2, 0.25) is 0 Å². The second-order valence-electron chi connectivity index (χ2n) is 5.89. The van der Waals surface area contributed by atoms with Crippen molar-refractivity contribution in [3.8, 4) is 0 Å². The number of hydrogen-bond acceptors (Lipinski definition) is 6. The summed E-state index contributed by atoms with van der Waals surface area (Å²) in [5, 5.41) is 5.71. The van der Waals surface area contributed by atoms with Gasteiger partial charge in [-0.2, -0.15) is 4.37 Å². The lowest BCUT2D eigenvalue weighted by molar-refractivity contribution is 0.134. The Morgan fingerprint density at radius 3 is 2.76 bits per heavy atom. The maximum Gasteiger partial charge on any atom is 0.410 e. The van der Waals surface area contributed by atoms with Gasteiger partial charge in [0.25, 0.3) is 0 Å². The third-order valence-electron chi connectivity index (χ3n) is 2.86. The molecule has 0 spiro atoms. The summed E-state index contributed by atoms with van der Waals surface area (Å²) in [5.41, 5.74) is -0.157. The van der Waals surface area contributed by atoms with E-state index < -0.39 is 6.03 Å².